The van der Waals surface area contributed by atoms with Gasteiger partial charge < -0.3 is 9.47 Å². The van der Waals surface area contributed by atoms with Crippen molar-refractivity contribution in [1.82, 2.24) is 14.8 Å². The molecule has 2 atom stereocenters. The third-order valence-electron chi connectivity index (χ3n) is 3.57. The Kier molecular flexibility index (Phi) is 3.21. The molecule has 1 aliphatic heterocycles. The fourth-order valence-corrected chi connectivity index (χ4v) is 2.66. The van der Waals surface area contributed by atoms with Crippen molar-refractivity contribution in [2.45, 2.75) is 25.5 Å². The van der Waals surface area contributed by atoms with Gasteiger partial charge in [-0.3, -0.25) is 4.68 Å². The van der Waals surface area contributed by atoms with E-state index < -0.39 is 0 Å². The van der Waals surface area contributed by atoms with Crippen molar-refractivity contribution in [2.75, 3.05) is 13.7 Å². The van der Waals surface area contributed by atoms with Crippen molar-refractivity contribution in [3.05, 3.63) is 41.9 Å². The number of hydrogen-bond acceptors (Lipinski definition) is 4. The molecule has 100 valence electrons. The van der Waals surface area contributed by atoms with Crippen LogP contribution in [0, 0.1) is 6.92 Å². The summed E-state index contributed by atoms with van der Waals surface area (Å²) in [5, 5.41) is 4.33. The summed E-state index contributed by atoms with van der Waals surface area (Å²) in [5.41, 5.74) is 2.17. The minimum absolute atomic E-state index is 0.0523. The predicted octanol–water partition coefficient (Wildman–Crippen LogP) is 2.30. The lowest BCUT2D eigenvalue weighted by Gasteiger charge is -2.22. The van der Waals surface area contributed by atoms with Crippen LogP contribution in [0.5, 0.6) is 5.88 Å². The maximum Gasteiger partial charge on any atom is 0.219 e. The second-order valence-corrected chi connectivity index (χ2v) is 4.68. The van der Waals surface area contributed by atoms with Crippen molar-refractivity contribution < 1.29 is 9.47 Å². The molecule has 2 aromatic heterocycles. The van der Waals surface area contributed by atoms with Gasteiger partial charge in [-0.2, -0.15) is 5.10 Å². The zero-order valence-electron chi connectivity index (χ0n) is 11.1. The van der Waals surface area contributed by atoms with Crippen LogP contribution >= 0.6 is 0 Å². The van der Waals surface area contributed by atoms with Gasteiger partial charge in [0.15, 0.2) is 0 Å². The van der Waals surface area contributed by atoms with Crippen molar-refractivity contribution in [1.29, 1.82) is 0 Å². The first-order valence-electron chi connectivity index (χ1n) is 6.41. The highest BCUT2D eigenvalue weighted by atomic mass is 16.5. The topological polar surface area (TPSA) is 49.2 Å². The first-order valence-corrected chi connectivity index (χ1v) is 6.41. The van der Waals surface area contributed by atoms with Gasteiger partial charge in [-0.25, -0.2) is 4.98 Å². The summed E-state index contributed by atoms with van der Waals surface area (Å²) in [6, 6.07) is 4.12. The maximum absolute atomic E-state index is 5.92. The molecule has 2 aromatic rings. The smallest absolute Gasteiger partial charge is 0.219 e. The molecule has 0 spiro atoms. The SMILES string of the molecule is COc1nccc(C)c1C1OCCC1n1cccn1. The number of pyridine rings is 1. The van der Waals surface area contributed by atoms with E-state index in [1.807, 2.05) is 23.0 Å². The Morgan fingerprint density at radius 2 is 2.32 bits per heavy atom. The molecule has 0 bridgehead atoms. The molecule has 0 aromatic carbocycles. The minimum atomic E-state index is -0.0523. The maximum atomic E-state index is 5.92. The Balaban J connectivity index is 2.01. The van der Waals surface area contributed by atoms with Gasteiger partial charge >= 0.3 is 0 Å². The van der Waals surface area contributed by atoms with Crippen LogP contribution in [0.15, 0.2) is 30.7 Å². The van der Waals surface area contributed by atoms with Crippen molar-refractivity contribution in [3.63, 3.8) is 0 Å². The van der Waals surface area contributed by atoms with Gasteiger partial charge in [-0.1, -0.05) is 0 Å². The van der Waals surface area contributed by atoms with Gasteiger partial charge in [-0.15, -0.1) is 0 Å². The fourth-order valence-electron chi connectivity index (χ4n) is 2.66. The van der Waals surface area contributed by atoms with E-state index in [9.17, 15) is 0 Å². The average Bonchev–Trinajstić information content (AvgIpc) is 3.08. The lowest BCUT2D eigenvalue weighted by Crippen LogP contribution is -2.16. The summed E-state index contributed by atoms with van der Waals surface area (Å²) < 4.78 is 13.3. The van der Waals surface area contributed by atoms with Gasteiger partial charge in [-0.05, 0) is 31.0 Å². The monoisotopic (exact) mass is 259 g/mol. The number of aromatic nitrogens is 3. The Bertz CT molecular complexity index is 554. The normalized spacial score (nSPS) is 22.6. The molecule has 0 saturated carbocycles. The molecule has 1 fully saturated rings. The number of rotatable bonds is 3. The van der Waals surface area contributed by atoms with Gasteiger partial charge in [0.1, 0.15) is 6.10 Å². The first-order chi connectivity index (χ1) is 9.31. The summed E-state index contributed by atoms with van der Waals surface area (Å²) >= 11 is 0. The van der Waals surface area contributed by atoms with Gasteiger partial charge in [0.2, 0.25) is 5.88 Å². The average molecular weight is 259 g/mol. The summed E-state index contributed by atoms with van der Waals surface area (Å²) in [5.74, 6) is 0.643. The molecule has 5 nitrogen and oxygen atoms in total. The second-order valence-electron chi connectivity index (χ2n) is 4.68. The largest absolute Gasteiger partial charge is 0.481 e. The van der Waals surface area contributed by atoms with Crippen LogP contribution in [0.25, 0.3) is 0 Å². The quantitative estimate of drug-likeness (QED) is 0.848. The molecule has 0 radical (unpaired) electrons. The van der Waals surface area contributed by atoms with Gasteiger partial charge in [0.25, 0.3) is 0 Å². The molecule has 2 unspecified atom stereocenters. The third-order valence-corrected chi connectivity index (χ3v) is 3.57. The molecule has 3 heterocycles. The van der Waals surface area contributed by atoms with Crippen molar-refractivity contribution >= 4 is 0 Å². The number of hydrogen-bond donors (Lipinski definition) is 0. The Hall–Kier alpha value is -1.88. The van der Waals surface area contributed by atoms with E-state index in [1.54, 1.807) is 19.5 Å². The van der Waals surface area contributed by atoms with Gasteiger partial charge in [0.05, 0.1) is 13.2 Å². The highest BCUT2D eigenvalue weighted by Crippen LogP contribution is 2.42. The molecule has 19 heavy (non-hydrogen) atoms. The Morgan fingerprint density at radius 3 is 3.05 bits per heavy atom. The van der Waals surface area contributed by atoms with E-state index in [0.717, 1.165) is 24.2 Å². The van der Waals surface area contributed by atoms with Crippen molar-refractivity contribution in [2.24, 2.45) is 0 Å². The van der Waals surface area contributed by atoms with E-state index in [2.05, 4.69) is 17.0 Å². The molecule has 0 aliphatic carbocycles. The molecule has 5 heteroatoms. The Labute approximate surface area is 112 Å². The Morgan fingerprint density at radius 1 is 1.42 bits per heavy atom. The van der Waals surface area contributed by atoms with E-state index in [-0.39, 0.29) is 12.1 Å². The highest BCUT2D eigenvalue weighted by Gasteiger charge is 2.34. The molecule has 0 amide bonds. The number of methoxy groups -OCH3 is 1. The lowest BCUT2D eigenvalue weighted by molar-refractivity contribution is 0.0869. The molecular weight excluding hydrogens is 242 g/mol. The zero-order chi connectivity index (χ0) is 13.2. The van der Waals surface area contributed by atoms with E-state index >= 15 is 0 Å². The summed E-state index contributed by atoms with van der Waals surface area (Å²) in [6.07, 6.45) is 6.43. The summed E-state index contributed by atoms with van der Waals surface area (Å²) in [6.45, 7) is 2.79. The van der Waals surface area contributed by atoms with Crippen LogP contribution in [0.4, 0.5) is 0 Å². The van der Waals surface area contributed by atoms with Crippen LogP contribution in [-0.2, 0) is 4.74 Å². The molecule has 1 aliphatic rings. The summed E-state index contributed by atoms with van der Waals surface area (Å²) in [7, 11) is 1.64. The number of nitrogens with zero attached hydrogens (tertiary/aromatic N) is 3. The third kappa shape index (κ3) is 2.10. The fraction of sp³-hybridized carbons (Fsp3) is 0.429. The second kappa shape index (κ2) is 5.01. The van der Waals surface area contributed by atoms with Crippen LogP contribution in [-0.4, -0.2) is 28.5 Å². The van der Waals surface area contributed by atoms with E-state index in [0.29, 0.717) is 5.88 Å². The summed E-state index contributed by atoms with van der Waals surface area (Å²) in [4.78, 5) is 4.29. The van der Waals surface area contributed by atoms with Crippen LogP contribution in [0.1, 0.15) is 29.7 Å². The van der Waals surface area contributed by atoms with Crippen LogP contribution in [0.3, 0.4) is 0 Å². The standard InChI is InChI=1S/C14H17N3O2/c1-10-4-7-15-14(18-2)12(10)13-11(5-9-19-13)17-8-3-6-16-17/h3-4,6-8,11,13H,5,9H2,1-2H3. The van der Waals surface area contributed by atoms with E-state index in [1.165, 1.54) is 0 Å². The molecule has 0 N–H and O–H groups in total. The van der Waals surface area contributed by atoms with Crippen LogP contribution < -0.4 is 4.74 Å². The number of ether oxygens (including phenoxy) is 2. The molecule has 1 saturated heterocycles. The van der Waals surface area contributed by atoms with Gasteiger partial charge in [0, 0.05) is 30.8 Å². The van der Waals surface area contributed by atoms with Crippen LogP contribution in [0.2, 0.25) is 0 Å². The zero-order valence-corrected chi connectivity index (χ0v) is 11.1. The minimum Gasteiger partial charge on any atom is -0.481 e. The predicted molar refractivity (Wildman–Crippen MR) is 70.1 cm³/mol. The van der Waals surface area contributed by atoms with Crippen molar-refractivity contribution in [3.8, 4) is 5.88 Å². The first kappa shape index (κ1) is 12.2. The lowest BCUT2D eigenvalue weighted by atomic mass is 9.99. The molecule has 3 rings (SSSR count). The van der Waals surface area contributed by atoms with E-state index in [4.69, 9.17) is 9.47 Å². The molecular formula is C14H17N3O2. The number of aryl methyl sites for hydroxylation is 1. The highest BCUT2D eigenvalue weighted by molar-refractivity contribution is 5.36.